The number of anilines is 1. The highest BCUT2D eigenvalue weighted by Gasteiger charge is 2.25. The van der Waals surface area contributed by atoms with Crippen molar-refractivity contribution in [3.05, 3.63) is 28.3 Å². The first-order valence-electron chi connectivity index (χ1n) is 6.26. The summed E-state index contributed by atoms with van der Waals surface area (Å²) in [4.78, 5) is 9.73. The number of nitrogens with two attached hydrogens (primary N) is 1. The molecular formula is C12H19N3O5S. The van der Waals surface area contributed by atoms with Crippen molar-refractivity contribution in [1.29, 1.82) is 0 Å². The van der Waals surface area contributed by atoms with Crippen LogP contribution in [0.5, 0.6) is 0 Å². The number of nitrogens with zero attached hydrogens (tertiary/aromatic N) is 1. The molecule has 21 heavy (non-hydrogen) atoms. The van der Waals surface area contributed by atoms with E-state index in [0.29, 0.717) is 6.61 Å². The average Bonchev–Trinajstić information content (AvgIpc) is 2.36. The number of nitrogens with one attached hydrogen (secondary N) is 1. The molecule has 0 saturated carbocycles. The maximum Gasteiger partial charge on any atom is 0.270 e. The molecule has 1 aromatic rings. The van der Waals surface area contributed by atoms with Crippen LogP contribution >= 0.6 is 0 Å². The fourth-order valence-corrected chi connectivity index (χ4v) is 3.01. The first-order valence-corrected chi connectivity index (χ1v) is 7.75. The summed E-state index contributed by atoms with van der Waals surface area (Å²) in [5, 5.41) is 10.7. The number of nitro groups is 1. The lowest BCUT2D eigenvalue weighted by molar-refractivity contribution is -0.385. The van der Waals surface area contributed by atoms with E-state index >= 15 is 0 Å². The molecule has 0 fully saturated rings. The Bertz CT molecular complexity index is 628. The van der Waals surface area contributed by atoms with E-state index in [-0.39, 0.29) is 22.8 Å². The van der Waals surface area contributed by atoms with Gasteiger partial charge in [-0.25, -0.2) is 13.1 Å². The van der Waals surface area contributed by atoms with Crippen LogP contribution in [-0.4, -0.2) is 32.1 Å². The lowest BCUT2D eigenvalue weighted by Gasteiger charge is -2.24. The topological polar surface area (TPSA) is 125 Å². The SMILES string of the molecule is CCOC(C)(C)CNS(=O)(=O)c1cc([N+](=O)[O-])ccc1N. The Labute approximate surface area is 123 Å². The van der Waals surface area contributed by atoms with Gasteiger partial charge in [-0.1, -0.05) is 0 Å². The molecule has 0 aliphatic heterocycles. The second-order valence-corrected chi connectivity index (χ2v) is 6.73. The number of hydrogen-bond acceptors (Lipinski definition) is 6. The molecule has 0 amide bonds. The van der Waals surface area contributed by atoms with Crippen LogP contribution in [0.15, 0.2) is 23.1 Å². The largest absolute Gasteiger partial charge is 0.398 e. The Morgan fingerprint density at radius 2 is 2.05 bits per heavy atom. The Hall–Kier alpha value is -1.71. The molecule has 0 spiro atoms. The summed E-state index contributed by atoms with van der Waals surface area (Å²) in [6.45, 7) is 5.72. The van der Waals surface area contributed by atoms with Gasteiger partial charge in [0.1, 0.15) is 4.90 Å². The fraction of sp³-hybridized carbons (Fsp3) is 0.500. The summed E-state index contributed by atoms with van der Waals surface area (Å²) in [6.07, 6.45) is 0. The van der Waals surface area contributed by atoms with Crippen molar-refractivity contribution in [3.63, 3.8) is 0 Å². The smallest absolute Gasteiger partial charge is 0.270 e. The van der Waals surface area contributed by atoms with E-state index in [4.69, 9.17) is 10.5 Å². The van der Waals surface area contributed by atoms with Gasteiger partial charge in [-0.2, -0.15) is 0 Å². The number of hydrogen-bond donors (Lipinski definition) is 2. The van der Waals surface area contributed by atoms with Crippen molar-refractivity contribution < 1.29 is 18.1 Å². The van der Waals surface area contributed by atoms with Gasteiger partial charge >= 0.3 is 0 Å². The predicted molar refractivity (Wildman–Crippen MR) is 78.4 cm³/mol. The highest BCUT2D eigenvalue weighted by Crippen LogP contribution is 2.24. The normalized spacial score (nSPS) is 12.3. The van der Waals surface area contributed by atoms with Gasteiger partial charge in [0.15, 0.2) is 0 Å². The van der Waals surface area contributed by atoms with Crippen LogP contribution in [0.2, 0.25) is 0 Å². The zero-order valence-electron chi connectivity index (χ0n) is 12.1. The minimum Gasteiger partial charge on any atom is -0.398 e. The summed E-state index contributed by atoms with van der Waals surface area (Å²) >= 11 is 0. The summed E-state index contributed by atoms with van der Waals surface area (Å²) in [5.74, 6) is 0. The molecule has 0 atom stereocenters. The van der Waals surface area contributed by atoms with E-state index in [1.54, 1.807) is 20.8 Å². The van der Waals surface area contributed by atoms with Gasteiger partial charge in [-0.15, -0.1) is 0 Å². The first kappa shape index (κ1) is 17.3. The molecule has 9 heteroatoms. The zero-order chi connectivity index (χ0) is 16.3. The van der Waals surface area contributed by atoms with E-state index < -0.39 is 20.5 Å². The third-order valence-electron chi connectivity index (χ3n) is 2.72. The molecule has 1 rings (SSSR count). The summed E-state index contributed by atoms with van der Waals surface area (Å²) < 4.78 is 32.2. The molecular weight excluding hydrogens is 298 g/mol. The van der Waals surface area contributed by atoms with E-state index in [1.165, 1.54) is 6.07 Å². The summed E-state index contributed by atoms with van der Waals surface area (Å²) in [7, 11) is -3.96. The number of ether oxygens (including phenoxy) is 1. The summed E-state index contributed by atoms with van der Waals surface area (Å²) in [5.41, 5.74) is 4.51. The van der Waals surface area contributed by atoms with Gasteiger partial charge in [0.25, 0.3) is 5.69 Å². The van der Waals surface area contributed by atoms with Crippen molar-refractivity contribution in [1.82, 2.24) is 4.72 Å². The monoisotopic (exact) mass is 317 g/mol. The molecule has 118 valence electrons. The Morgan fingerprint density at radius 3 is 2.57 bits per heavy atom. The van der Waals surface area contributed by atoms with E-state index in [2.05, 4.69) is 4.72 Å². The first-order chi connectivity index (χ1) is 9.59. The highest BCUT2D eigenvalue weighted by molar-refractivity contribution is 7.89. The van der Waals surface area contributed by atoms with Gasteiger partial charge in [-0.3, -0.25) is 10.1 Å². The maximum atomic E-state index is 12.2. The van der Waals surface area contributed by atoms with E-state index in [1.807, 2.05) is 0 Å². The molecule has 3 N–H and O–H groups in total. The van der Waals surface area contributed by atoms with Crippen molar-refractivity contribution in [3.8, 4) is 0 Å². The number of sulfonamides is 1. The fourth-order valence-electron chi connectivity index (χ4n) is 1.66. The summed E-state index contributed by atoms with van der Waals surface area (Å²) in [6, 6.07) is 3.28. The molecule has 0 unspecified atom stereocenters. The minimum absolute atomic E-state index is 0.0192. The number of rotatable bonds is 7. The van der Waals surface area contributed by atoms with Gasteiger partial charge in [0, 0.05) is 25.3 Å². The van der Waals surface area contributed by atoms with Gasteiger partial charge in [0.2, 0.25) is 10.0 Å². The Balaban J connectivity index is 3.03. The van der Waals surface area contributed by atoms with Crippen molar-refractivity contribution in [2.45, 2.75) is 31.3 Å². The Kier molecular flexibility index (Phi) is 5.26. The number of non-ortho nitro benzene ring substituents is 1. The number of nitro benzene ring substituents is 1. The number of benzene rings is 1. The molecule has 0 aromatic heterocycles. The third-order valence-corrected chi connectivity index (χ3v) is 4.18. The molecule has 0 saturated heterocycles. The molecule has 0 bridgehead atoms. The average molecular weight is 317 g/mol. The standard InChI is InChI=1S/C12H19N3O5S/c1-4-20-12(2,3)8-14-21(18,19)11-7-9(15(16)17)5-6-10(11)13/h5-7,14H,4,8,13H2,1-3H3. The highest BCUT2D eigenvalue weighted by atomic mass is 32.2. The Morgan fingerprint density at radius 1 is 1.43 bits per heavy atom. The third kappa shape index (κ3) is 4.66. The van der Waals surface area contributed by atoms with Crippen LogP contribution in [0.4, 0.5) is 11.4 Å². The second kappa shape index (κ2) is 6.37. The maximum absolute atomic E-state index is 12.2. The van der Waals surface area contributed by atoms with Crippen LogP contribution in [0.1, 0.15) is 20.8 Å². The van der Waals surface area contributed by atoms with Gasteiger partial charge in [0.05, 0.1) is 16.2 Å². The quantitative estimate of drug-likeness (QED) is 0.443. The molecule has 0 aliphatic carbocycles. The van der Waals surface area contributed by atoms with Crippen molar-refractivity contribution >= 4 is 21.4 Å². The van der Waals surface area contributed by atoms with Gasteiger partial charge in [-0.05, 0) is 26.8 Å². The number of nitrogen functional groups attached to an aromatic ring is 1. The second-order valence-electron chi connectivity index (χ2n) is 5.00. The lowest BCUT2D eigenvalue weighted by atomic mass is 10.1. The van der Waals surface area contributed by atoms with E-state index in [0.717, 1.165) is 12.1 Å². The molecule has 0 heterocycles. The predicted octanol–water partition coefficient (Wildman–Crippen LogP) is 1.27. The molecule has 1 aromatic carbocycles. The van der Waals surface area contributed by atoms with Crippen LogP contribution in [0, 0.1) is 10.1 Å². The van der Waals surface area contributed by atoms with E-state index in [9.17, 15) is 18.5 Å². The minimum atomic E-state index is -3.96. The van der Waals surface area contributed by atoms with Crippen LogP contribution in [-0.2, 0) is 14.8 Å². The van der Waals surface area contributed by atoms with Crippen LogP contribution < -0.4 is 10.5 Å². The van der Waals surface area contributed by atoms with Crippen LogP contribution in [0.25, 0.3) is 0 Å². The molecule has 0 radical (unpaired) electrons. The molecule has 8 nitrogen and oxygen atoms in total. The zero-order valence-corrected chi connectivity index (χ0v) is 12.9. The molecule has 0 aliphatic rings. The van der Waals surface area contributed by atoms with Crippen molar-refractivity contribution in [2.75, 3.05) is 18.9 Å². The lowest BCUT2D eigenvalue weighted by Crippen LogP contribution is -2.40. The van der Waals surface area contributed by atoms with Crippen LogP contribution in [0.3, 0.4) is 0 Å². The van der Waals surface area contributed by atoms with Gasteiger partial charge < -0.3 is 10.5 Å². The van der Waals surface area contributed by atoms with Crippen molar-refractivity contribution in [2.24, 2.45) is 0 Å².